The molecular weight excluding hydrogens is 182 g/mol. The molecule has 1 atom stereocenters. The average molecular weight is 193 g/mol. The first kappa shape index (κ1) is 10.4. The van der Waals surface area contributed by atoms with Crippen molar-refractivity contribution < 1.29 is 14.3 Å². The van der Waals surface area contributed by atoms with Crippen molar-refractivity contribution in [1.82, 2.24) is 4.98 Å². The minimum Gasteiger partial charge on any atom is -0.455 e. The van der Waals surface area contributed by atoms with Crippen LogP contribution in [0.3, 0.4) is 0 Å². The molecule has 1 heterocycles. The van der Waals surface area contributed by atoms with Crippen molar-refractivity contribution in [1.29, 1.82) is 0 Å². The number of carbonyl (C=O) groups is 2. The van der Waals surface area contributed by atoms with E-state index in [0.717, 1.165) is 5.56 Å². The third-order valence-corrected chi connectivity index (χ3v) is 1.66. The van der Waals surface area contributed by atoms with E-state index in [1.54, 1.807) is 24.5 Å². The van der Waals surface area contributed by atoms with Gasteiger partial charge in [0.2, 0.25) is 0 Å². The van der Waals surface area contributed by atoms with Crippen LogP contribution in [0.2, 0.25) is 0 Å². The van der Waals surface area contributed by atoms with Crippen LogP contribution in [-0.4, -0.2) is 23.3 Å². The quantitative estimate of drug-likeness (QED) is 0.523. The summed E-state index contributed by atoms with van der Waals surface area (Å²) in [5, 5.41) is 0. The van der Waals surface area contributed by atoms with E-state index >= 15 is 0 Å². The molecule has 0 radical (unpaired) electrons. The average Bonchev–Trinajstić information content (AvgIpc) is 2.17. The maximum absolute atomic E-state index is 10.6. The summed E-state index contributed by atoms with van der Waals surface area (Å²) in [5.41, 5.74) is 0.915. The number of aldehydes is 1. The molecular formula is C10H11NO3. The fourth-order valence-electron chi connectivity index (χ4n) is 1.08. The van der Waals surface area contributed by atoms with Gasteiger partial charge in [-0.15, -0.1) is 0 Å². The molecule has 4 nitrogen and oxygen atoms in total. The lowest BCUT2D eigenvalue weighted by molar-refractivity contribution is -0.149. The summed E-state index contributed by atoms with van der Waals surface area (Å²) in [6.07, 6.45) is 3.58. The SMILES string of the molecule is CC(=O)OC(C=O)Cc1ccncc1. The van der Waals surface area contributed by atoms with E-state index in [0.29, 0.717) is 12.7 Å². The Kier molecular flexibility index (Phi) is 3.79. The highest BCUT2D eigenvalue weighted by molar-refractivity contribution is 5.70. The van der Waals surface area contributed by atoms with Crippen LogP contribution < -0.4 is 0 Å². The molecule has 1 aromatic rings. The van der Waals surface area contributed by atoms with Crippen LogP contribution in [0.25, 0.3) is 0 Å². The molecule has 1 unspecified atom stereocenters. The Bertz CT molecular complexity index is 310. The van der Waals surface area contributed by atoms with Crippen LogP contribution in [0, 0.1) is 0 Å². The van der Waals surface area contributed by atoms with Gasteiger partial charge in [0, 0.05) is 25.7 Å². The summed E-state index contributed by atoms with van der Waals surface area (Å²) in [4.78, 5) is 25.0. The molecule has 0 aliphatic carbocycles. The van der Waals surface area contributed by atoms with Crippen molar-refractivity contribution in [3.8, 4) is 0 Å². The highest BCUT2D eigenvalue weighted by Gasteiger charge is 2.10. The molecule has 0 aliphatic rings. The highest BCUT2D eigenvalue weighted by atomic mass is 16.5. The van der Waals surface area contributed by atoms with E-state index in [1.807, 2.05) is 0 Å². The van der Waals surface area contributed by atoms with Crippen LogP contribution >= 0.6 is 0 Å². The maximum Gasteiger partial charge on any atom is 0.303 e. The Morgan fingerprint density at radius 3 is 2.71 bits per heavy atom. The van der Waals surface area contributed by atoms with Crippen molar-refractivity contribution in [2.24, 2.45) is 0 Å². The molecule has 0 aromatic carbocycles. The second-order valence-electron chi connectivity index (χ2n) is 2.84. The standard InChI is InChI=1S/C10H11NO3/c1-8(13)14-10(7-12)6-9-2-4-11-5-3-9/h2-5,7,10H,6H2,1H3. The van der Waals surface area contributed by atoms with Gasteiger partial charge < -0.3 is 4.74 Å². The third-order valence-electron chi connectivity index (χ3n) is 1.66. The van der Waals surface area contributed by atoms with Gasteiger partial charge in [-0.1, -0.05) is 0 Å². The lowest BCUT2D eigenvalue weighted by atomic mass is 10.1. The molecule has 0 fully saturated rings. The molecule has 74 valence electrons. The number of carbonyl (C=O) groups excluding carboxylic acids is 2. The fourth-order valence-corrected chi connectivity index (χ4v) is 1.08. The highest BCUT2D eigenvalue weighted by Crippen LogP contribution is 2.03. The molecule has 0 bridgehead atoms. The number of hydrogen-bond donors (Lipinski definition) is 0. The lowest BCUT2D eigenvalue weighted by Crippen LogP contribution is -2.20. The monoisotopic (exact) mass is 193 g/mol. The van der Waals surface area contributed by atoms with Gasteiger partial charge in [-0.25, -0.2) is 0 Å². The molecule has 1 rings (SSSR count). The van der Waals surface area contributed by atoms with Crippen LogP contribution in [0.5, 0.6) is 0 Å². The van der Waals surface area contributed by atoms with E-state index in [2.05, 4.69) is 4.98 Å². The molecule has 0 saturated carbocycles. The first-order valence-electron chi connectivity index (χ1n) is 4.24. The summed E-state index contributed by atoms with van der Waals surface area (Å²) in [5.74, 6) is -0.448. The van der Waals surface area contributed by atoms with Crippen LogP contribution in [0.4, 0.5) is 0 Å². The fraction of sp³-hybridized carbons (Fsp3) is 0.300. The van der Waals surface area contributed by atoms with E-state index < -0.39 is 12.1 Å². The van der Waals surface area contributed by atoms with Gasteiger partial charge in [0.1, 0.15) is 0 Å². The summed E-state index contributed by atoms with van der Waals surface area (Å²) in [6, 6.07) is 3.56. The number of rotatable bonds is 4. The predicted molar refractivity (Wildman–Crippen MR) is 49.6 cm³/mol. The molecule has 0 spiro atoms. The summed E-state index contributed by atoms with van der Waals surface area (Å²) < 4.78 is 4.78. The molecule has 0 saturated heterocycles. The number of pyridine rings is 1. The largest absolute Gasteiger partial charge is 0.455 e. The Morgan fingerprint density at radius 2 is 2.21 bits per heavy atom. The number of ether oxygens (including phenoxy) is 1. The first-order chi connectivity index (χ1) is 6.72. The van der Waals surface area contributed by atoms with E-state index in [1.165, 1.54) is 6.92 Å². The lowest BCUT2D eigenvalue weighted by Gasteiger charge is -2.09. The third kappa shape index (κ3) is 3.35. The maximum atomic E-state index is 10.6. The van der Waals surface area contributed by atoms with Crippen molar-refractivity contribution in [3.05, 3.63) is 30.1 Å². The Hall–Kier alpha value is -1.71. The number of aromatic nitrogens is 1. The van der Waals surface area contributed by atoms with Gasteiger partial charge in [0.25, 0.3) is 0 Å². The Balaban J connectivity index is 2.57. The zero-order chi connectivity index (χ0) is 10.4. The van der Waals surface area contributed by atoms with Gasteiger partial charge >= 0.3 is 5.97 Å². The number of nitrogens with zero attached hydrogens (tertiary/aromatic N) is 1. The minimum absolute atomic E-state index is 0.394. The summed E-state index contributed by atoms with van der Waals surface area (Å²) >= 11 is 0. The smallest absolute Gasteiger partial charge is 0.303 e. The zero-order valence-corrected chi connectivity index (χ0v) is 7.84. The van der Waals surface area contributed by atoms with Crippen molar-refractivity contribution >= 4 is 12.3 Å². The molecule has 0 amide bonds. The molecule has 0 N–H and O–H groups in total. The first-order valence-corrected chi connectivity index (χ1v) is 4.24. The van der Waals surface area contributed by atoms with Crippen molar-refractivity contribution in [2.75, 3.05) is 0 Å². The van der Waals surface area contributed by atoms with Crippen molar-refractivity contribution in [2.45, 2.75) is 19.4 Å². The second kappa shape index (κ2) is 5.11. The van der Waals surface area contributed by atoms with Gasteiger partial charge in [-0.2, -0.15) is 0 Å². The molecule has 1 aromatic heterocycles. The normalized spacial score (nSPS) is 11.8. The Morgan fingerprint density at radius 1 is 1.57 bits per heavy atom. The van der Waals surface area contributed by atoms with E-state index in [9.17, 15) is 9.59 Å². The number of esters is 1. The van der Waals surface area contributed by atoms with Crippen LogP contribution in [0.1, 0.15) is 12.5 Å². The predicted octanol–water partition coefficient (Wildman–Crippen LogP) is 0.755. The van der Waals surface area contributed by atoms with E-state index in [4.69, 9.17) is 4.74 Å². The van der Waals surface area contributed by atoms with Gasteiger partial charge in [0.15, 0.2) is 12.4 Å². The minimum atomic E-state index is -0.699. The zero-order valence-electron chi connectivity index (χ0n) is 7.84. The molecule has 4 heteroatoms. The van der Waals surface area contributed by atoms with Crippen LogP contribution in [0.15, 0.2) is 24.5 Å². The van der Waals surface area contributed by atoms with Gasteiger partial charge in [0.05, 0.1) is 0 Å². The van der Waals surface area contributed by atoms with Gasteiger partial charge in [-0.3, -0.25) is 14.6 Å². The van der Waals surface area contributed by atoms with Gasteiger partial charge in [-0.05, 0) is 17.7 Å². The second-order valence-corrected chi connectivity index (χ2v) is 2.84. The Labute approximate surface area is 81.9 Å². The topological polar surface area (TPSA) is 56.3 Å². The summed E-state index contributed by atoms with van der Waals surface area (Å²) in [7, 11) is 0. The molecule has 0 aliphatic heterocycles. The number of hydrogen-bond acceptors (Lipinski definition) is 4. The summed E-state index contributed by atoms with van der Waals surface area (Å²) in [6.45, 7) is 1.28. The van der Waals surface area contributed by atoms with Crippen LogP contribution in [-0.2, 0) is 20.7 Å². The van der Waals surface area contributed by atoms with Crippen molar-refractivity contribution in [3.63, 3.8) is 0 Å². The molecule has 14 heavy (non-hydrogen) atoms. The van der Waals surface area contributed by atoms with E-state index in [-0.39, 0.29) is 0 Å².